The molecule has 2 fully saturated rings. The molecule has 1 aliphatic carbocycles. The summed E-state index contributed by atoms with van der Waals surface area (Å²) in [7, 11) is 0. The second kappa shape index (κ2) is 5.23. The van der Waals surface area contributed by atoms with Crippen LogP contribution in [0.2, 0.25) is 0 Å². The third-order valence-corrected chi connectivity index (χ3v) is 6.49. The maximum Gasteiger partial charge on any atom is 0.339 e. The number of esters is 1. The van der Waals surface area contributed by atoms with Gasteiger partial charge in [0.15, 0.2) is 5.60 Å². The quantitative estimate of drug-likeness (QED) is 0.320. The van der Waals surface area contributed by atoms with Gasteiger partial charge < -0.3 is 15.2 Å². The summed E-state index contributed by atoms with van der Waals surface area (Å²) in [4.78, 5) is 12.4. The predicted octanol–water partition coefficient (Wildman–Crippen LogP) is 2.71. The zero-order valence-corrected chi connectivity index (χ0v) is 15.4. The molecule has 0 aromatic heterocycles. The lowest BCUT2D eigenvalue weighted by Gasteiger charge is -2.57. The van der Waals surface area contributed by atoms with Crippen LogP contribution in [-0.2, 0) is 9.53 Å². The topological polar surface area (TPSA) is 58.6 Å². The molecule has 0 amide bonds. The van der Waals surface area contributed by atoms with E-state index in [1.165, 1.54) is 0 Å². The zero-order valence-electron chi connectivity index (χ0n) is 13.2. The Labute approximate surface area is 145 Å². The largest absolute Gasteiger partial charge is 0.453 e. The number of hydrogen-bond donors (Lipinski definition) is 2. The fourth-order valence-corrected chi connectivity index (χ4v) is 5.10. The number of carbonyl (C=O) groups excluding carboxylic acids is 1. The van der Waals surface area contributed by atoms with Gasteiger partial charge in [-0.15, -0.1) is 0 Å². The Bertz CT molecular complexity index is 548. The number of alkyl halides is 1. The van der Waals surface area contributed by atoms with Crippen molar-refractivity contribution in [3.63, 3.8) is 0 Å². The number of aliphatic hydroxyl groups is 1. The van der Waals surface area contributed by atoms with Gasteiger partial charge in [-0.2, -0.15) is 0 Å². The van der Waals surface area contributed by atoms with Crippen molar-refractivity contribution in [3.8, 4) is 0 Å². The second-order valence-electron chi connectivity index (χ2n) is 7.19. The molecule has 22 heavy (non-hydrogen) atoms. The normalized spacial score (nSPS) is 44.8. The minimum absolute atomic E-state index is 0.0490. The maximum atomic E-state index is 12.4. The average Bonchev–Trinajstić information content (AvgIpc) is 2.65. The number of hydrogen-bond acceptors (Lipinski definition) is 4. The van der Waals surface area contributed by atoms with Gasteiger partial charge in [0.1, 0.15) is 6.10 Å². The number of allylic oxidation sites excluding steroid dienone is 1. The second-order valence-corrected chi connectivity index (χ2v) is 8.27. The Morgan fingerprint density at radius 2 is 2.32 bits per heavy atom. The lowest BCUT2D eigenvalue weighted by molar-refractivity contribution is -0.242. The third-order valence-electron chi connectivity index (χ3n) is 5.87. The first-order valence-corrected chi connectivity index (χ1v) is 9.46. The van der Waals surface area contributed by atoms with Gasteiger partial charge in [-0.05, 0) is 32.6 Å². The first-order valence-electron chi connectivity index (χ1n) is 7.94. The molecule has 0 bridgehead atoms. The number of halogens is 1. The number of fused-ring (bicyclic) bond motifs is 1. The van der Waals surface area contributed by atoms with Crippen LogP contribution in [0.25, 0.3) is 0 Å². The molecule has 2 saturated heterocycles. The average molecular weight is 417 g/mol. The van der Waals surface area contributed by atoms with E-state index in [1.807, 2.05) is 13.8 Å². The van der Waals surface area contributed by atoms with E-state index < -0.39 is 22.7 Å². The summed E-state index contributed by atoms with van der Waals surface area (Å²) in [5.74, 6) is -0.298. The van der Waals surface area contributed by atoms with Crippen molar-refractivity contribution in [1.82, 2.24) is 5.32 Å². The van der Waals surface area contributed by atoms with E-state index in [9.17, 15) is 9.90 Å². The highest BCUT2D eigenvalue weighted by atomic mass is 127. The number of rotatable bonds is 4. The molecule has 122 valence electrons. The highest BCUT2D eigenvalue weighted by Gasteiger charge is 2.78. The maximum absolute atomic E-state index is 12.4. The van der Waals surface area contributed by atoms with E-state index >= 15 is 0 Å². The van der Waals surface area contributed by atoms with Crippen molar-refractivity contribution in [3.05, 3.63) is 24.4 Å². The Morgan fingerprint density at radius 3 is 2.86 bits per heavy atom. The van der Waals surface area contributed by atoms with Crippen molar-refractivity contribution in [1.29, 1.82) is 0 Å². The molecular formula is C17H24INO3. The third kappa shape index (κ3) is 1.87. The molecule has 0 aromatic carbocycles. The molecule has 5 heteroatoms. The first-order chi connectivity index (χ1) is 10.3. The molecular weight excluding hydrogens is 393 g/mol. The summed E-state index contributed by atoms with van der Waals surface area (Å²) in [5, 5.41) is 14.5. The van der Waals surface area contributed by atoms with Crippen LogP contribution in [-0.4, -0.2) is 32.7 Å². The van der Waals surface area contributed by atoms with Crippen LogP contribution < -0.4 is 5.32 Å². The minimum atomic E-state index is -1.06. The lowest BCUT2D eigenvalue weighted by atomic mass is 9.60. The number of ether oxygens (including phenoxy) is 1. The van der Waals surface area contributed by atoms with Crippen LogP contribution in [0.15, 0.2) is 24.4 Å². The van der Waals surface area contributed by atoms with Crippen LogP contribution in [0.5, 0.6) is 0 Å². The van der Waals surface area contributed by atoms with E-state index in [1.54, 1.807) is 0 Å². The van der Waals surface area contributed by atoms with Gasteiger partial charge in [0.25, 0.3) is 0 Å². The summed E-state index contributed by atoms with van der Waals surface area (Å²) in [6.45, 7) is 8.07. The SMILES string of the molecule is C=C1N[C@@]2([C@@H](O)[C@]3(C)C=CCCC3)C(=O)O[C@@]2(C)[C@H]1CCI. The number of carbonyl (C=O) groups is 1. The van der Waals surface area contributed by atoms with Gasteiger partial charge in [0, 0.05) is 21.5 Å². The molecule has 3 rings (SSSR count). The molecule has 5 atom stereocenters. The lowest BCUT2D eigenvalue weighted by Crippen LogP contribution is -2.81. The predicted molar refractivity (Wildman–Crippen MR) is 93.6 cm³/mol. The van der Waals surface area contributed by atoms with Crippen LogP contribution in [0.3, 0.4) is 0 Å². The Hall–Kier alpha value is -0.560. The van der Waals surface area contributed by atoms with Crippen molar-refractivity contribution in [2.45, 2.75) is 56.8 Å². The highest BCUT2D eigenvalue weighted by molar-refractivity contribution is 14.1. The van der Waals surface area contributed by atoms with Crippen molar-refractivity contribution in [2.24, 2.45) is 11.3 Å². The summed E-state index contributed by atoms with van der Waals surface area (Å²) in [5.41, 5.74) is -1.37. The highest BCUT2D eigenvalue weighted by Crippen LogP contribution is 2.57. The fraction of sp³-hybridized carbons (Fsp3) is 0.706. The molecule has 0 spiro atoms. The molecule has 0 aromatic rings. The van der Waals surface area contributed by atoms with Crippen molar-refractivity contribution < 1.29 is 14.6 Å². The monoisotopic (exact) mass is 417 g/mol. The van der Waals surface area contributed by atoms with Crippen LogP contribution in [0.4, 0.5) is 0 Å². The minimum Gasteiger partial charge on any atom is -0.453 e. The summed E-state index contributed by atoms with van der Waals surface area (Å²) >= 11 is 2.33. The van der Waals surface area contributed by atoms with E-state index in [-0.39, 0.29) is 11.9 Å². The molecule has 3 aliphatic rings. The first kappa shape index (κ1) is 16.3. The van der Waals surface area contributed by atoms with Gasteiger partial charge in [0.2, 0.25) is 5.54 Å². The molecule has 2 aliphatic heterocycles. The number of aliphatic hydroxyl groups excluding tert-OH is 1. The Morgan fingerprint density at radius 1 is 1.59 bits per heavy atom. The standard InChI is InChI=1S/C17H24INO3/c1-11-12(7-10-18)16(3)17(19-11,14(21)22-16)13(20)15(2)8-5-4-6-9-15/h5,8,12-13,19-20H,1,4,6-7,9-10H2,2-3H3/t12-,13-,15+,16-,17-/m0/s1. The van der Waals surface area contributed by atoms with E-state index in [2.05, 4.69) is 46.6 Å². The molecule has 0 unspecified atom stereocenters. The summed E-state index contributed by atoms with van der Waals surface area (Å²) < 4.78 is 6.55. The fourth-order valence-electron chi connectivity index (χ4n) is 4.47. The van der Waals surface area contributed by atoms with Crippen LogP contribution in [0.1, 0.15) is 39.5 Å². The molecule has 0 saturated carbocycles. The van der Waals surface area contributed by atoms with E-state index in [0.717, 1.165) is 35.8 Å². The number of nitrogens with one attached hydrogen (secondary N) is 1. The van der Waals surface area contributed by atoms with Gasteiger partial charge in [-0.3, -0.25) is 0 Å². The molecule has 4 nitrogen and oxygen atoms in total. The molecule has 2 N–H and O–H groups in total. The molecule has 2 heterocycles. The summed E-state index contributed by atoms with van der Waals surface area (Å²) in [6.07, 6.45) is 7.18. The smallest absolute Gasteiger partial charge is 0.339 e. The van der Waals surface area contributed by atoms with Gasteiger partial charge in [0.05, 0.1) is 0 Å². The van der Waals surface area contributed by atoms with Crippen LogP contribution in [0, 0.1) is 11.3 Å². The van der Waals surface area contributed by atoms with Gasteiger partial charge in [-0.1, -0.05) is 48.2 Å². The van der Waals surface area contributed by atoms with Crippen molar-refractivity contribution >= 4 is 28.6 Å². The van der Waals surface area contributed by atoms with E-state index in [4.69, 9.17) is 4.74 Å². The Kier molecular flexibility index (Phi) is 3.87. The Balaban J connectivity index is 2.00. The van der Waals surface area contributed by atoms with Gasteiger partial charge in [-0.25, -0.2) is 4.79 Å². The van der Waals surface area contributed by atoms with Gasteiger partial charge >= 0.3 is 5.97 Å². The van der Waals surface area contributed by atoms with Crippen LogP contribution >= 0.6 is 22.6 Å². The summed E-state index contributed by atoms with van der Waals surface area (Å²) in [6, 6.07) is 0. The van der Waals surface area contributed by atoms with Crippen molar-refractivity contribution in [2.75, 3.05) is 4.43 Å². The zero-order chi connectivity index (χ0) is 16.2. The molecule has 0 radical (unpaired) electrons. The van der Waals surface area contributed by atoms with E-state index in [0.29, 0.717) is 0 Å².